The van der Waals surface area contributed by atoms with Crippen molar-refractivity contribution in [2.45, 2.75) is 26.7 Å². The molecule has 0 heterocycles. The second-order valence-corrected chi connectivity index (χ2v) is 2.67. The summed E-state index contributed by atoms with van der Waals surface area (Å²) in [7, 11) is 1.38. The highest BCUT2D eigenvalue weighted by Crippen LogP contribution is 2.06. The van der Waals surface area contributed by atoms with Gasteiger partial charge in [-0.1, -0.05) is 26.3 Å². The van der Waals surface area contributed by atoms with Gasteiger partial charge in [0.15, 0.2) is 0 Å². The number of carbonyl (C=O) groups is 1. The molecule has 0 aliphatic rings. The Hall–Kier alpha value is -0.790. The van der Waals surface area contributed by atoms with Gasteiger partial charge in [0.25, 0.3) is 0 Å². The third-order valence-electron chi connectivity index (χ3n) is 1.69. The van der Waals surface area contributed by atoms with Crippen molar-refractivity contribution >= 4 is 5.97 Å². The van der Waals surface area contributed by atoms with E-state index < -0.39 is 0 Å². The number of carbonyl (C=O) groups excluding carboxylic acids is 1. The van der Waals surface area contributed by atoms with E-state index in [2.05, 4.69) is 18.6 Å². The lowest BCUT2D eigenvalue weighted by atomic mass is 10.1. The topological polar surface area (TPSA) is 26.3 Å². The van der Waals surface area contributed by atoms with Crippen molar-refractivity contribution < 1.29 is 9.53 Å². The van der Waals surface area contributed by atoms with Crippen LogP contribution in [0.1, 0.15) is 26.7 Å². The zero-order valence-electron chi connectivity index (χ0n) is 7.46. The van der Waals surface area contributed by atoms with E-state index in [0.717, 1.165) is 12.8 Å². The molecule has 1 unspecified atom stereocenters. The van der Waals surface area contributed by atoms with Crippen molar-refractivity contribution in [2.24, 2.45) is 5.92 Å². The largest absolute Gasteiger partial charge is 0.466 e. The highest BCUT2D eigenvalue weighted by atomic mass is 16.5. The van der Waals surface area contributed by atoms with Gasteiger partial charge < -0.3 is 4.74 Å². The van der Waals surface area contributed by atoms with Crippen LogP contribution >= 0.6 is 0 Å². The van der Waals surface area contributed by atoms with Gasteiger partial charge in [0.05, 0.1) is 7.11 Å². The number of rotatable bonds is 4. The van der Waals surface area contributed by atoms with E-state index in [9.17, 15) is 4.79 Å². The van der Waals surface area contributed by atoms with Crippen LogP contribution in [0.4, 0.5) is 0 Å². The third kappa shape index (κ3) is 5.64. The highest BCUT2D eigenvalue weighted by molar-refractivity contribution is 5.81. The molecule has 64 valence electrons. The summed E-state index contributed by atoms with van der Waals surface area (Å²) in [6.45, 7) is 4.29. The average Bonchev–Trinajstić information content (AvgIpc) is 2.04. The lowest BCUT2D eigenvalue weighted by Gasteiger charge is -2.01. The quantitative estimate of drug-likeness (QED) is 0.460. The fraction of sp³-hybridized carbons (Fsp3) is 0.667. The summed E-state index contributed by atoms with van der Waals surface area (Å²) in [5, 5.41) is 0. The first kappa shape index (κ1) is 10.2. The summed E-state index contributed by atoms with van der Waals surface area (Å²) in [5.74, 6) is 0.379. The molecule has 0 rings (SSSR count). The lowest BCUT2D eigenvalue weighted by molar-refractivity contribution is -0.134. The van der Waals surface area contributed by atoms with Gasteiger partial charge in [0.2, 0.25) is 0 Å². The van der Waals surface area contributed by atoms with Crippen molar-refractivity contribution in [1.29, 1.82) is 0 Å². The first-order valence-corrected chi connectivity index (χ1v) is 3.95. The molecule has 0 spiro atoms. The number of hydrogen-bond acceptors (Lipinski definition) is 2. The number of methoxy groups -OCH3 is 1. The maximum atomic E-state index is 10.6. The molecule has 2 heteroatoms. The molecule has 0 bridgehead atoms. The highest BCUT2D eigenvalue weighted by Gasteiger charge is 1.95. The maximum absolute atomic E-state index is 10.6. The molecule has 0 saturated carbocycles. The van der Waals surface area contributed by atoms with Crippen LogP contribution in [0.25, 0.3) is 0 Å². The Morgan fingerprint density at radius 1 is 1.64 bits per heavy atom. The predicted molar refractivity (Wildman–Crippen MR) is 45.2 cm³/mol. The Morgan fingerprint density at radius 2 is 2.27 bits per heavy atom. The molecule has 0 aromatic rings. The zero-order valence-corrected chi connectivity index (χ0v) is 7.46. The molecule has 2 nitrogen and oxygen atoms in total. The minimum atomic E-state index is -0.270. The molecule has 0 aliphatic heterocycles. The van der Waals surface area contributed by atoms with Crippen LogP contribution in [0, 0.1) is 5.92 Å². The lowest BCUT2D eigenvalue weighted by Crippen LogP contribution is -1.95. The summed E-state index contributed by atoms with van der Waals surface area (Å²) in [5.41, 5.74) is 0. The van der Waals surface area contributed by atoms with Crippen LogP contribution in [0.3, 0.4) is 0 Å². The smallest absolute Gasteiger partial charge is 0.330 e. The van der Waals surface area contributed by atoms with E-state index in [1.165, 1.54) is 13.2 Å². The third-order valence-corrected chi connectivity index (χ3v) is 1.69. The van der Waals surface area contributed by atoms with E-state index in [1.54, 1.807) is 0 Å². The van der Waals surface area contributed by atoms with Gasteiger partial charge in [-0.3, -0.25) is 0 Å². The van der Waals surface area contributed by atoms with E-state index in [1.807, 2.05) is 6.08 Å². The summed E-state index contributed by atoms with van der Waals surface area (Å²) >= 11 is 0. The van der Waals surface area contributed by atoms with Gasteiger partial charge in [0, 0.05) is 6.08 Å². The Kier molecular flexibility index (Phi) is 5.53. The molecule has 0 N–H and O–H groups in total. The van der Waals surface area contributed by atoms with Gasteiger partial charge in [0.1, 0.15) is 0 Å². The molecular formula is C9H16O2. The summed E-state index contributed by atoms with van der Waals surface area (Å²) < 4.78 is 4.44. The minimum Gasteiger partial charge on any atom is -0.466 e. The van der Waals surface area contributed by atoms with Crippen LogP contribution in [-0.2, 0) is 9.53 Å². The van der Waals surface area contributed by atoms with Crippen molar-refractivity contribution in [2.75, 3.05) is 7.11 Å². The van der Waals surface area contributed by atoms with Crippen LogP contribution in [0.5, 0.6) is 0 Å². The molecule has 0 fully saturated rings. The molecule has 1 atom stereocenters. The Balaban J connectivity index is 3.51. The molecule has 11 heavy (non-hydrogen) atoms. The van der Waals surface area contributed by atoms with Gasteiger partial charge in [-0.15, -0.1) is 0 Å². The van der Waals surface area contributed by atoms with Gasteiger partial charge in [-0.2, -0.15) is 0 Å². The standard InChI is InChI=1S/C9H16O2/c1-4-8(2)6-5-7-9(10)11-3/h5,7-8H,4,6H2,1-3H3. The molecule has 0 saturated heterocycles. The normalized spacial score (nSPS) is 13.4. The van der Waals surface area contributed by atoms with Crippen LogP contribution in [0.15, 0.2) is 12.2 Å². The van der Waals surface area contributed by atoms with Crippen molar-refractivity contribution in [1.82, 2.24) is 0 Å². The number of esters is 1. The monoisotopic (exact) mass is 156 g/mol. The summed E-state index contributed by atoms with van der Waals surface area (Å²) in [4.78, 5) is 10.6. The van der Waals surface area contributed by atoms with E-state index >= 15 is 0 Å². The SMILES string of the molecule is CCC(C)CC=CC(=O)OC. The molecule has 0 radical (unpaired) electrons. The predicted octanol–water partition coefficient (Wildman–Crippen LogP) is 2.15. The Labute approximate surface area is 68.2 Å². The second-order valence-electron chi connectivity index (χ2n) is 2.67. The van der Waals surface area contributed by atoms with E-state index in [4.69, 9.17) is 0 Å². The van der Waals surface area contributed by atoms with Crippen molar-refractivity contribution in [3.05, 3.63) is 12.2 Å². The number of ether oxygens (including phenoxy) is 1. The van der Waals surface area contributed by atoms with Crippen LogP contribution < -0.4 is 0 Å². The van der Waals surface area contributed by atoms with Crippen LogP contribution in [0.2, 0.25) is 0 Å². The van der Waals surface area contributed by atoms with Gasteiger partial charge in [-0.05, 0) is 12.3 Å². The zero-order chi connectivity index (χ0) is 8.69. The second kappa shape index (κ2) is 5.96. The van der Waals surface area contributed by atoms with Crippen molar-refractivity contribution in [3.8, 4) is 0 Å². The number of allylic oxidation sites excluding steroid dienone is 1. The Morgan fingerprint density at radius 3 is 2.73 bits per heavy atom. The average molecular weight is 156 g/mol. The molecular weight excluding hydrogens is 140 g/mol. The first-order chi connectivity index (χ1) is 5.20. The molecule has 0 aliphatic carbocycles. The van der Waals surface area contributed by atoms with Crippen molar-refractivity contribution in [3.63, 3.8) is 0 Å². The fourth-order valence-electron chi connectivity index (χ4n) is 0.631. The molecule has 0 aromatic heterocycles. The Bertz CT molecular complexity index is 138. The minimum absolute atomic E-state index is 0.270. The maximum Gasteiger partial charge on any atom is 0.330 e. The first-order valence-electron chi connectivity index (χ1n) is 3.95. The van der Waals surface area contributed by atoms with Gasteiger partial charge in [-0.25, -0.2) is 4.79 Å². The van der Waals surface area contributed by atoms with Gasteiger partial charge >= 0.3 is 5.97 Å². The van der Waals surface area contributed by atoms with Crippen LogP contribution in [-0.4, -0.2) is 13.1 Å². The van der Waals surface area contributed by atoms with E-state index in [-0.39, 0.29) is 5.97 Å². The summed E-state index contributed by atoms with van der Waals surface area (Å²) in [6, 6.07) is 0. The fourth-order valence-corrected chi connectivity index (χ4v) is 0.631. The molecule has 0 aromatic carbocycles. The molecule has 0 amide bonds. The van der Waals surface area contributed by atoms with E-state index in [0.29, 0.717) is 5.92 Å². The summed E-state index contributed by atoms with van der Waals surface area (Å²) in [6.07, 6.45) is 5.43. The number of hydrogen-bond donors (Lipinski definition) is 0.